The van der Waals surface area contributed by atoms with E-state index in [1.807, 2.05) is 0 Å². The second-order valence-electron chi connectivity index (χ2n) is 4.95. The van der Waals surface area contributed by atoms with Crippen LogP contribution in [0.5, 0.6) is 0 Å². The summed E-state index contributed by atoms with van der Waals surface area (Å²) in [6.07, 6.45) is 3.20. The topological polar surface area (TPSA) is 69.6 Å². The molecule has 2 N–H and O–H groups in total. The van der Waals surface area contributed by atoms with Crippen LogP contribution in [0, 0.1) is 5.92 Å². The molecule has 6 heteroatoms. The van der Waals surface area contributed by atoms with Crippen LogP contribution in [-0.4, -0.2) is 46.2 Å². The molecular weight excluding hydrogens is 252 g/mol. The molecule has 104 valence electrons. The molecule has 1 aliphatic rings. The van der Waals surface area contributed by atoms with Gasteiger partial charge in [0.2, 0.25) is 0 Å². The molecule has 0 aromatic heterocycles. The van der Waals surface area contributed by atoms with Crippen LogP contribution < -0.4 is 5.32 Å². The molecule has 18 heavy (non-hydrogen) atoms. The molecule has 0 spiro atoms. The van der Waals surface area contributed by atoms with Gasteiger partial charge in [-0.05, 0) is 12.3 Å². The molecule has 1 aliphatic heterocycles. The Bertz CT molecular complexity index is 297. The second kappa shape index (κ2) is 7.51. The summed E-state index contributed by atoms with van der Waals surface area (Å²) in [6.45, 7) is 4.98. The lowest BCUT2D eigenvalue weighted by molar-refractivity contribution is -0.140. The minimum atomic E-state index is -0.921. The Morgan fingerprint density at radius 3 is 2.78 bits per heavy atom. The highest BCUT2D eigenvalue weighted by atomic mass is 32.2. The van der Waals surface area contributed by atoms with Crippen molar-refractivity contribution in [3.05, 3.63) is 0 Å². The lowest BCUT2D eigenvalue weighted by atomic mass is 10.1. The minimum absolute atomic E-state index is 0.253. The van der Waals surface area contributed by atoms with Gasteiger partial charge < -0.3 is 15.3 Å². The number of carbonyl (C=O) groups excluding carboxylic acids is 1. The van der Waals surface area contributed by atoms with Crippen LogP contribution in [0.3, 0.4) is 0 Å². The number of thioether (sulfide) groups is 1. The molecule has 0 aliphatic carbocycles. The van der Waals surface area contributed by atoms with Crippen molar-refractivity contribution in [2.75, 3.05) is 18.2 Å². The van der Waals surface area contributed by atoms with Crippen molar-refractivity contribution in [2.24, 2.45) is 5.92 Å². The highest BCUT2D eigenvalue weighted by Crippen LogP contribution is 2.20. The maximum atomic E-state index is 11.8. The van der Waals surface area contributed by atoms with Gasteiger partial charge in [-0.3, -0.25) is 0 Å². The van der Waals surface area contributed by atoms with Crippen molar-refractivity contribution in [2.45, 2.75) is 39.2 Å². The summed E-state index contributed by atoms with van der Waals surface area (Å²) < 4.78 is 0. The van der Waals surface area contributed by atoms with Crippen molar-refractivity contribution >= 4 is 23.8 Å². The van der Waals surface area contributed by atoms with Gasteiger partial charge in [-0.1, -0.05) is 26.7 Å². The summed E-state index contributed by atoms with van der Waals surface area (Å²) in [7, 11) is 0. The van der Waals surface area contributed by atoms with E-state index in [1.165, 1.54) is 16.7 Å². The second-order valence-corrected chi connectivity index (χ2v) is 5.95. The van der Waals surface area contributed by atoms with Crippen LogP contribution in [-0.2, 0) is 4.79 Å². The van der Waals surface area contributed by atoms with Crippen molar-refractivity contribution in [3.8, 4) is 0 Å². The van der Waals surface area contributed by atoms with E-state index in [9.17, 15) is 9.59 Å². The van der Waals surface area contributed by atoms with Crippen LogP contribution in [0.15, 0.2) is 0 Å². The molecule has 0 aromatic rings. The van der Waals surface area contributed by atoms with Gasteiger partial charge in [0.05, 0.1) is 5.88 Å². The molecule has 1 heterocycles. The molecule has 0 radical (unpaired) electrons. The Morgan fingerprint density at radius 1 is 1.44 bits per heavy atom. The summed E-state index contributed by atoms with van der Waals surface area (Å²) in [5.41, 5.74) is 0. The smallest absolute Gasteiger partial charge is 0.327 e. The third-order valence-corrected chi connectivity index (χ3v) is 3.92. The first-order valence-electron chi connectivity index (χ1n) is 6.37. The van der Waals surface area contributed by atoms with Gasteiger partial charge >= 0.3 is 12.0 Å². The zero-order chi connectivity index (χ0) is 13.5. The van der Waals surface area contributed by atoms with Crippen molar-refractivity contribution in [3.63, 3.8) is 0 Å². The van der Waals surface area contributed by atoms with E-state index in [4.69, 9.17) is 5.11 Å². The van der Waals surface area contributed by atoms with E-state index in [2.05, 4.69) is 19.2 Å². The summed E-state index contributed by atoms with van der Waals surface area (Å²) in [5, 5.41) is 11.8. The number of nitrogens with one attached hydrogen (secondary N) is 1. The van der Waals surface area contributed by atoms with Gasteiger partial charge in [0, 0.05) is 12.3 Å². The average Bonchev–Trinajstić information content (AvgIpc) is 2.76. The van der Waals surface area contributed by atoms with Gasteiger partial charge in [0.25, 0.3) is 0 Å². The lowest BCUT2D eigenvalue weighted by Crippen LogP contribution is -2.47. The quantitative estimate of drug-likeness (QED) is 0.727. The SMILES string of the molecule is CC(C)CCCCNC(=O)N1CSCC1C(=O)O. The monoisotopic (exact) mass is 274 g/mol. The summed E-state index contributed by atoms with van der Waals surface area (Å²) in [6, 6.07) is -0.928. The predicted octanol–water partition coefficient (Wildman–Crippen LogP) is 1.98. The number of urea groups is 1. The first kappa shape index (κ1) is 15.1. The summed E-state index contributed by atoms with van der Waals surface area (Å²) in [5.74, 6) is 0.715. The number of hydrogen-bond acceptors (Lipinski definition) is 3. The van der Waals surface area contributed by atoms with Crippen LogP contribution >= 0.6 is 11.8 Å². The largest absolute Gasteiger partial charge is 0.480 e. The maximum absolute atomic E-state index is 11.8. The van der Waals surface area contributed by atoms with E-state index in [1.54, 1.807) is 0 Å². The summed E-state index contributed by atoms with van der Waals surface area (Å²) in [4.78, 5) is 24.1. The molecule has 0 saturated carbocycles. The van der Waals surface area contributed by atoms with Crippen molar-refractivity contribution in [1.82, 2.24) is 10.2 Å². The van der Waals surface area contributed by atoms with Gasteiger partial charge in [-0.2, -0.15) is 0 Å². The third-order valence-electron chi connectivity index (χ3n) is 2.91. The number of carbonyl (C=O) groups is 2. The molecule has 1 rings (SSSR count). The molecule has 1 saturated heterocycles. The first-order chi connectivity index (χ1) is 8.52. The fourth-order valence-corrected chi connectivity index (χ4v) is 2.97. The number of amides is 2. The minimum Gasteiger partial charge on any atom is -0.480 e. The molecule has 1 unspecified atom stereocenters. The molecule has 2 amide bonds. The van der Waals surface area contributed by atoms with Crippen LogP contribution in [0.4, 0.5) is 4.79 Å². The average molecular weight is 274 g/mol. The fourth-order valence-electron chi connectivity index (χ4n) is 1.82. The lowest BCUT2D eigenvalue weighted by Gasteiger charge is -2.20. The normalized spacial score (nSPS) is 19.3. The Morgan fingerprint density at radius 2 is 2.17 bits per heavy atom. The number of carboxylic acid groups (broad SMARTS) is 1. The molecule has 0 bridgehead atoms. The molecule has 0 aromatic carbocycles. The number of aliphatic carboxylic acids is 1. The zero-order valence-corrected chi connectivity index (χ0v) is 11.8. The van der Waals surface area contributed by atoms with Crippen LogP contribution in [0.25, 0.3) is 0 Å². The van der Waals surface area contributed by atoms with Gasteiger partial charge in [0.1, 0.15) is 6.04 Å². The van der Waals surface area contributed by atoms with E-state index in [-0.39, 0.29) is 6.03 Å². The van der Waals surface area contributed by atoms with Gasteiger partial charge in [0.15, 0.2) is 0 Å². The number of nitrogens with zero attached hydrogens (tertiary/aromatic N) is 1. The van der Waals surface area contributed by atoms with Crippen LogP contribution in [0.2, 0.25) is 0 Å². The van der Waals surface area contributed by atoms with Gasteiger partial charge in [-0.25, -0.2) is 9.59 Å². The highest BCUT2D eigenvalue weighted by molar-refractivity contribution is 7.99. The summed E-state index contributed by atoms with van der Waals surface area (Å²) >= 11 is 1.48. The van der Waals surface area contributed by atoms with E-state index >= 15 is 0 Å². The Kier molecular flexibility index (Phi) is 6.32. The Balaban J connectivity index is 2.22. The molecule has 1 atom stereocenters. The number of hydrogen-bond donors (Lipinski definition) is 2. The number of rotatable bonds is 6. The molecule has 1 fully saturated rings. The molecule has 5 nitrogen and oxygen atoms in total. The van der Waals surface area contributed by atoms with Gasteiger partial charge in [-0.15, -0.1) is 11.8 Å². The molecular formula is C12H22N2O3S. The van der Waals surface area contributed by atoms with Crippen LogP contribution in [0.1, 0.15) is 33.1 Å². The number of unbranched alkanes of at least 4 members (excludes halogenated alkanes) is 1. The third kappa shape index (κ3) is 4.76. The number of carboxylic acids is 1. The van der Waals surface area contributed by atoms with Crippen molar-refractivity contribution in [1.29, 1.82) is 0 Å². The zero-order valence-electron chi connectivity index (χ0n) is 11.0. The Hall–Kier alpha value is -0.910. The first-order valence-corrected chi connectivity index (χ1v) is 7.53. The Labute approximate surface area is 112 Å². The van der Waals surface area contributed by atoms with E-state index in [0.29, 0.717) is 24.1 Å². The fraction of sp³-hybridized carbons (Fsp3) is 0.833. The predicted molar refractivity (Wildman–Crippen MR) is 72.7 cm³/mol. The standard InChI is InChI=1S/C12H22N2O3S/c1-9(2)5-3-4-6-13-12(17)14-8-18-7-10(14)11(15)16/h9-10H,3-8H2,1-2H3,(H,13,17)(H,15,16). The maximum Gasteiger partial charge on any atom is 0.327 e. The van der Waals surface area contributed by atoms with E-state index < -0.39 is 12.0 Å². The van der Waals surface area contributed by atoms with E-state index in [0.717, 1.165) is 19.3 Å². The van der Waals surface area contributed by atoms with Crippen molar-refractivity contribution < 1.29 is 14.7 Å². The highest BCUT2D eigenvalue weighted by Gasteiger charge is 2.34.